The monoisotopic (exact) mass is 273 g/mol. The maximum Gasteiger partial charge on any atom is 0.0661 e. The highest BCUT2D eigenvalue weighted by Crippen LogP contribution is 2.52. The Kier molecular flexibility index (Phi) is 4.42. The van der Waals surface area contributed by atoms with Crippen molar-refractivity contribution in [3.63, 3.8) is 0 Å². The zero-order valence-electron chi connectivity index (χ0n) is 12.4. The van der Waals surface area contributed by atoms with Crippen molar-refractivity contribution in [2.24, 2.45) is 11.1 Å². The van der Waals surface area contributed by atoms with Crippen molar-refractivity contribution in [3.05, 3.63) is 35.9 Å². The van der Waals surface area contributed by atoms with Crippen LogP contribution in [0.25, 0.3) is 0 Å². The average Bonchev–Trinajstić information content (AvgIpc) is 2.52. The molecule has 2 saturated carbocycles. The van der Waals surface area contributed by atoms with E-state index < -0.39 is 0 Å². The second-order valence-corrected chi connectivity index (χ2v) is 6.58. The molecule has 0 bridgehead atoms. The number of hydrogen-bond acceptors (Lipinski definition) is 2. The van der Waals surface area contributed by atoms with E-state index in [0.29, 0.717) is 17.6 Å². The Morgan fingerprint density at radius 3 is 2.55 bits per heavy atom. The summed E-state index contributed by atoms with van der Waals surface area (Å²) in [5.41, 5.74) is 8.04. The molecule has 20 heavy (non-hydrogen) atoms. The van der Waals surface area contributed by atoms with Crippen molar-refractivity contribution in [1.29, 1.82) is 0 Å². The first-order valence-electron chi connectivity index (χ1n) is 8.22. The molecule has 0 radical (unpaired) electrons. The minimum absolute atomic E-state index is 0.338. The van der Waals surface area contributed by atoms with Crippen molar-refractivity contribution in [1.82, 2.24) is 0 Å². The standard InChI is InChI=1S/C18H27NO/c19-16-14-17(18(16)11-5-2-6-12-18)20-13-7-10-15-8-3-1-4-9-15/h1,3-4,8-9,16-17H,2,5-7,10-14,19H2. The zero-order valence-corrected chi connectivity index (χ0v) is 12.4. The topological polar surface area (TPSA) is 35.2 Å². The second kappa shape index (κ2) is 6.28. The summed E-state index contributed by atoms with van der Waals surface area (Å²) >= 11 is 0. The molecule has 2 unspecified atom stereocenters. The Hall–Kier alpha value is -0.860. The van der Waals surface area contributed by atoms with Gasteiger partial charge in [-0.3, -0.25) is 0 Å². The van der Waals surface area contributed by atoms with Crippen molar-refractivity contribution < 1.29 is 4.74 Å². The van der Waals surface area contributed by atoms with Crippen molar-refractivity contribution in [2.45, 2.75) is 63.5 Å². The molecule has 110 valence electrons. The van der Waals surface area contributed by atoms with Crippen LogP contribution < -0.4 is 5.73 Å². The van der Waals surface area contributed by atoms with E-state index in [2.05, 4.69) is 30.3 Å². The van der Waals surface area contributed by atoms with Crippen LogP contribution in [0.2, 0.25) is 0 Å². The maximum atomic E-state index is 6.29. The fraction of sp³-hybridized carbons (Fsp3) is 0.667. The van der Waals surface area contributed by atoms with Gasteiger partial charge in [0.2, 0.25) is 0 Å². The summed E-state index contributed by atoms with van der Waals surface area (Å²) in [6.45, 7) is 0.883. The lowest BCUT2D eigenvalue weighted by molar-refractivity contribution is -0.143. The SMILES string of the molecule is NC1CC(OCCCc2ccccc2)C12CCCCC2. The molecule has 2 nitrogen and oxygen atoms in total. The first-order chi connectivity index (χ1) is 9.81. The average molecular weight is 273 g/mol. The number of aryl methyl sites for hydroxylation is 1. The first-order valence-corrected chi connectivity index (χ1v) is 8.22. The smallest absolute Gasteiger partial charge is 0.0661 e. The van der Waals surface area contributed by atoms with Crippen LogP contribution in [0.4, 0.5) is 0 Å². The minimum atomic E-state index is 0.338. The molecular formula is C18H27NO. The zero-order chi connectivity index (χ0) is 13.8. The predicted octanol–water partition coefficient (Wildman–Crippen LogP) is 3.69. The molecule has 0 saturated heterocycles. The Morgan fingerprint density at radius 1 is 1.10 bits per heavy atom. The Balaban J connectivity index is 1.42. The van der Waals surface area contributed by atoms with Crippen LogP contribution in [-0.2, 0) is 11.2 Å². The summed E-state index contributed by atoms with van der Waals surface area (Å²) in [6, 6.07) is 11.1. The van der Waals surface area contributed by atoms with E-state index in [-0.39, 0.29) is 0 Å². The third kappa shape index (κ3) is 2.77. The van der Waals surface area contributed by atoms with Crippen LogP contribution in [0.3, 0.4) is 0 Å². The number of benzene rings is 1. The lowest BCUT2D eigenvalue weighted by Gasteiger charge is -2.56. The van der Waals surface area contributed by atoms with Crippen LogP contribution in [0.1, 0.15) is 50.5 Å². The van der Waals surface area contributed by atoms with E-state index in [1.165, 1.54) is 37.7 Å². The van der Waals surface area contributed by atoms with Gasteiger partial charge in [0.1, 0.15) is 0 Å². The number of rotatable bonds is 5. The van der Waals surface area contributed by atoms with Crippen LogP contribution >= 0.6 is 0 Å². The molecule has 1 spiro atoms. The van der Waals surface area contributed by atoms with E-state index in [1.807, 2.05) is 0 Å². The molecule has 1 aromatic carbocycles. The molecule has 2 atom stereocenters. The highest BCUT2D eigenvalue weighted by atomic mass is 16.5. The maximum absolute atomic E-state index is 6.29. The molecule has 1 aromatic rings. The molecule has 0 aromatic heterocycles. The van der Waals surface area contributed by atoms with Crippen LogP contribution in [0.5, 0.6) is 0 Å². The molecule has 0 amide bonds. The third-order valence-corrected chi connectivity index (χ3v) is 5.40. The molecule has 3 rings (SSSR count). The molecule has 2 aliphatic rings. The summed E-state index contributed by atoms with van der Waals surface area (Å²) in [6.07, 6.45) is 10.4. The van der Waals surface area contributed by atoms with Crippen LogP contribution in [-0.4, -0.2) is 18.8 Å². The summed E-state index contributed by atoms with van der Waals surface area (Å²) in [4.78, 5) is 0. The molecule has 0 aliphatic heterocycles. The molecule has 0 heterocycles. The second-order valence-electron chi connectivity index (χ2n) is 6.58. The lowest BCUT2D eigenvalue weighted by atomic mass is 9.55. The van der Waals surface area contributed by atoms with Gasteiger partial charge in [-0.1, -0.05) is 49.6 Å². The van der Waals surface area contributed by atoms with Gasteiger partial charge in [-0.05, 0) is 37.7 Å². The van der Waals surface area contributed by atoms with Gasteiger partial charge in [0.15, 0.2) is 0 Å². The van der Waals surface area contributed by atoms with E-state index >= 15 is 0 Å². The van der Waals surface area contributed by atoms with Gasteiger partial charge < -0.3 is 10.5 Å². The Labute approximate surface area is 122 Å². The number of ether oxygens (including phenoxy) is 1. The van der Waals surface area contributed by atoms with Gasteiger partial charge in [-0.2, -0.15) is 0 Å². The summed E-state index contributed by atoms with van der Waals surface area (Å²) in [5, 5.41) is 0. The van der Waals surface area contributed by atoms with Gasteiger partial charge in [0.05, 0.1) is 6.10 Å². The first kappa shape index (κ1) is 14.1. The van der Waals surface area contributed by atoms with Crippen molar-refractivity contribution >= 4 is 0 Å². The van der Waals surface area contributed by atoms with Gasteiger partial charge in [0.25, 0.3) is 0 Å². The summed E-state index contributed by atoms with van der Waals surface area (Å²) in [7, 11) is 0. The normalized spacial score (nSPS) is 28.2. The van der Waals surface area contributed by atoms with Gasteiger partial charge in [-0.15, -0.1) is 0 Å². The molecular weight excluding hydrogens is 246 g/mol. The van der Waals surface area contributed by atoms with Gasteiger partial charge in [-0.25, -0.2) is 0 Å². The molecule has 2 heteroatoms. The van der Waals surface area contributed by atoms with E-state index in [0.717, 1.165) is 25.9 Å². The summed E-state index contributed by atoms with van der Waals surface area (Å²) < 4.78 is 6.18. The van der Waals surface area contributed by atoms with Crippen LogP contribution in [0, 0.1) is 5.41 Å². The van der Waals surface area contributed by atoms with Crippen LogP contribution in [0.15, 0.2) is 30.3 Å². The number of hydrogen-bond donors (Lipinski definition) is 1. The van der Waals surface area contributed by atoms with E-state index in [9.17, 15) is 0 Å². The predicted molar refractivity (Wildman–Crippen MR) is 82.6 cm³/mol. The Morgan fingerprint density at radius 2 is 1.85 bits per heavy atom. The van der Waals surface area contributed by atoms with Gasteiger partial charge >= 0.3 is 0 Å². The van der Waals surface area contributed by atoms with Crippen molar-refractivity contribution in [3.8, 4) is 0 Å². The lowest BCUT2D eigenvalue weighted by Crippen LogP contribution is -2.62. The van der Waals surface area contributed by atoms with E-state index in [4.69, 9.17) is 10.5 Å². The largest absolute Gasteiger partial charge is 0.378 e. The fourth-order valence-electron chi connectivity index (χ4n) is 4.06. The Bertz CT molecular complexity index is 411. The number of nitrogens with two attached hydrogens (primary N) is 1. The van der Waals surface area contributed by atoms with Gasteiger partial charge in [0, 0.05) is 18.1 Å². The molecule has 2 aliphatic carbocycles. The summed E-state index contributed by atoms with van der Waals surface area (Å²) in [5.74, 6) is 0. The fourth-order valence-corrected chi connectivity index (χ4v) is 4.06. The van der Waals surface area contributed by atoms with Crippen molar-refractivity contribution in [2.75, 3.05) is 6.61 Å². The highest BCUT2D eigenvalue weighted by Gasteiger charge is 2.53. The minimum Gasteiger partial charge on any atom is -0.378 e. The third-order valence-electron chi connectivity index (χ3n) is 5.40. The van der Waals surface area contributed by atoms with E-state index in [1.54, 1.807) is 0 Å². The quantitative estimate of drug-likeness (QED) is 0.830. The highest BCUT2D eigenvalue weighted by molar-refractivity contribution is 5.14. The molecule has 2 fully saturated rings. The molecule has 2 N–H and O–H groups in total.